The van der Waals surface area contributed by atoms with Crippen LogP contribution in [0.5, 0.6) is 0 Å². The monoisotopic (exact) mass is 287 g/mol. The van der Waals surface area contributed by atoms with Crippen LogP contribution < -0.4 is 5.32 Å². The minimum Gasteiger partial charge on any atom is -0.476 e. The third-order valence-electron chi connectivity index (χ3n) is 2.90. The van der Waals surface area contributed by atoms with E-state index in [1.165, 1.54) is 10.9 Å². The molecule has 2 N–H and O–H groups in total. The van der Waals surface area contributed by atoms with E-state index in [0.29, 0.717) is 13.1 Å². The Balaban J connectivity index is 1.67. The Morgan fingerprint density at radius 2 is 2.33 bits per heavy atom. The first kappa shape index (κ1) is 13.0. The summed E-state index contributed by atoms with van der Waals surface area (Å²) < 4.78 is 3.22. The smallest absolute Gasteiger partial charge is 0.358 e. The second kappa shape index (κ2) is 5.19. The van der Waals surface area contributed by atoms with Gasteiger partial charge in [0, 0.05) is 18.9 Å². The molecule has 0 bridgehead atoms. The largest absolute Gasteiger partial charge is 0.476 e. The van der Waals surface area contributed by atoms with Gasteiger partial charge in [-0.25, -0.2) is 19.0 Å². The van der Waals surface area contributed by atoms with Gasteiger partial charge in [0.1, 0.15) is 5.52 Å². The van der Waals surface area contributed by atoms with Crippen molar-refractivity contribution in [3.8, 4) is 0 Å². The highest BCUT2D eigenvalue weighted by atomic mass is 16.4. The van der Waals surface area contributed by atoms with Crippen molar-refractivity contribution in [3.05, 3.63) is 36.0 Å². The maximum absolute atomic E-state index is 10.7. The van der Waals surface area contributed by atoms with Gasteiger partial charge in [-0.05, 0) is 13.0 Å². The minimum absolute atomic E-state index is 0.0679. The highest BCUT2D eigenvalue weighted by Crippen LogP contribution is 2.14. The molecule has 0 unspecified atom stereocenters. The number of carboxylic acids is 1. The summed E-state index contributed by atoms with van der Waals surface area (Å²) in [5.41, 5.74) is 1.73. The van der Waals surface area contributed by atoms with Crippen molar-refractivity contribution < 1.29 is 9.90 Å². The van der Waals surface area contributed by atoms with Crippen LogP contribution in [0.3, 0.4) is 0 Å². The maximum Gasteiger partial charge on any atom is 0.358 e. The van der Waals surface area contributed by atoms with Crippen molar-refractivity contribution in [2.45, 2.75) is 13.5 Å². The normalized spacial score (nSPS) is 10.9. The number of aryl methyl sites for hydroxylation is 1. The second-order valence-corrected chi connectivity index (χ2v) is 4.49. The van der Waals surface area contributed by atoms with E-state index in [1.54, 1.807) is 16.9 Å². The SMILES string of the molecule is Cc1cc2c(NCCn3cc(C(=O)O)nn3)nccn2n1. The van der Waals surface area contributed by atoms with E-state index in [4.69, 9.17) is 5.11 Å². The number of carboxylic acid groups (broad SMARTS) is 1. The van der Waals surface area contributed by atoms with E-state index >= 15 is 0 Å². The molecule has 0 atom stereocenters. The topological polar surface area (TPSA) is 110 Å². The van der Waals surface area contributed by atoms with Gasteiger partial charge < -0.3 is 10.4 Å². The van der Waals surface area contributed by atoms with E-state index in [1.807, 2.05) is 13.0 Å². The average molecular weight is 287 g/mol. The number of fused-ring (bicyclic) bond motifs is 1. The van der Waals surface area contributed by atoms with Gasteiger partial charge >= 0.3 is 5.97 Å². The van der Waals surface area contributed by atoms with Gasteiger partial charge in [-0.3, -0.25) is 0 Å². The van der Waals surface area contributed by atoms with Crippen LogP contribution in [0.4, 0.5) is 5.82 Å². The number of hydrogen-bond donors (Lipinski definition) is 2. The number of aromatic nitrogens is 6. The van der Waals surface area contributed by atoms with E-state index in [0.717, 1.165) is 17.0 Å². The van der Waals surface area contributed by atoms with Crippen molar-refractivity contribution in [2.24, 2.45) is 0 Å². The van der Waals surface area contributed by atoms with Crippen molar-refractivity contribution in [1.82, 2.24) is 29.6 Å². The Morgan fingerprint density at radius 3 is 3.10 bits per heavy atom. The van der Waals surface area contributed by atoms with Gasteiger partial charge in [0.2, 0.25) is 0 Å². The summed E-state index contributed by atoms with van der Waals surface area (Å²) in [4.78, 5) is 15.0. The lowest BCUT2D eigenvalue weighted by molar-refractivity contribution is 0.0690. The Bertz CT molecular complexity index is 792. The lowest BCUT2D eigenvalue weighted by Crippen LogP contribution is -2.12. The van der Waals surface area contributed by atoms with Crippen molar-refractivity contribution in [2.75, 3.05) is 11.9 Å². The molecule has 0 fully saturated rings. The first-order valence-corrected chi connectivity index (χ1v) is 6.32. The minimum atomic E-state index is -1.09. The molecule has 0 radical (unpaired) electrons. The molecule has 9 nitrogen and oxygen atoms in total. The van der Waals surface area contributed by atoms with Gasteiger partial charge in [-0.1, -0.05) is 5.21 Å². The molecule has 0 aromatic carbocycles. The summed E-state index contributed by atoms with van der Waals surface area (Å²) in [6.45, 7) is 2.94. The molecule has 3 aromatic rings. The number of nitrogens with one attached hydrogen (secondary N) is 1. The fourth-order valence-corrected chi connectivity index (χ4v) is 1.98. The Kier molecular flexibility index (Phi) is 3.22. The second-order valence-electron chi connectivity index (χ2n) is 4.49. The zero-order valence-electron chi connectivity index (χ0n) is 11.3. The van der Waals surface area contributed by atoms with Gasteiger partial charge in [-0.2, -0.15) is 5.10 Å². The summed E-state index contributed by atoms with van der Waals surface area (Å²) in [6.07, 6.45) is 4.84. The fraction of sp³-hybridized carbons (Fsp3) is 0.250. The van der Waals surface area contributed by atoms with Crippen molar-refractivity contribution in [3.63, 3.8) is 0 Å². The summed E-state index contributed by atoms with van der Waals surface area (Å²) >= 11 is 0. The summed E-state index contributed by atoms with van der Waals surface area (Å²) in [5, 5.41) is 23.6. The Labute approximate surface area is 119 Å². The first-order valence-electron chi connectivity index (χ1n) is 6.32. The van der Waals surface area contributed by atoms with E-state index < -0.39 is 5.97 Å². The number of anilines is 1. The molecule has 3 rings (SSSR count). The summed E-state index contributed by atoms with van der Waals surface area (Å²) in [5.74, 6) is -0.368. The molecule has 0 amide bonds. The molecule has 108 valence electrons. The predicted molar refractivity (Wildman–Crippen MR) is 73.2 cm³/mol. The van der Waals surface area contributed by atoms with Gasteiger partial charge in [0.15, 0.2) is 11.5 Å². The van der Waals surface area contributed by atoms with E-state index in [-0.39, 0.29) is 5.69 Å². The molecule has 3 aromatic heterocycles. The van der Waals surface area contributed by atoms with Crippen molar-refractivity contribution >= 4 is 17.3 Å². The van der Waals surface area contributed by atoms with Crippen LogP contribution >= 0.6 is 0 Å². The highest BCUT2D eigenvalue weighted by molar-refractivity contribution is 5.84. The summed E-state index contributed by atoms with van der Waals surface area (Å²) in [7, 11) is 0. The quantitative estimate of drug-likeness (QED) is 0.700. The average Bonchev–Trinajstić information content (AvgIpc) is 3.04. The number of hydrogen-bond acceptors (Lipinski definition) is 6. The molecule has 0 aliphatic heterocycles. The molecule has 0 aliphatic rings. The van der Waals surface area contributed by atoms with Crippen LogP contribution in [0.1, 0.15) is 16.2 Å². The zero-order valence-corrected chi connectivity index (χ0v) is 11.3. The van der Waals surface area contributed by atoms with Gasteiger partial charge in [0.05, 0.1) is 18.4 Å². The van der Waals surface area contributed by atoms with Gasteiger partial charge in [-0.15, -0.1) is 5.10 Å². The lowest BCUT2D eigenvalue weighted by Gasteiger charge is -2.06. The highest BCUT2D eigenvalue weighted by Gasteiger charge is 2.08. The van der Waals surface area contributed by atoms with Crippen LogP contribution in [-0.2, 0) is 6.54 Å². The van der Waals surface area contributed by atoms with Crippen LogP contribution in [-0.4, -0.2) is 47.2 Å². The number of carbonyl (C=O) groups is 1. The number of nitrogens with zero attached hydrogens (tertiary/aromatic N) is 6. The van der Waals surface area contributed by atoms with Crippen molar-refractivity contribution in [1.29, 1.82) is 0 Å². The van der Waals surface area contributed by atoms with Crippen LogP contribution in [0, 0.1) is 6.92 Å². The first-order chi connectivity index (χ1) is 10.1. The maximum atomic E-state index is 10.7. The molecule has 3 heterocycles. The lowest BCUT2D eigenvalue weighted by atomic mass is 10.4. The molecular weight excluding hydrogens is 274 g/mol. The van der Waals surface area contributed by atoms with Crippen LogP contribution in [0.25, 0.3) is 5.52 Å². The fourth-order valence-electron chi connectivity index (χ4n) is 1.98. The third-order valence-corrected chi connectivity index (χ3v) is 2.90. The molecule has 21 heavy (non-hydrogen) atoms. The zero-order chi connectivity index (χ0) is 14.8. The third kappa shape index (κ3) is 2.66. The molecule has 9 heteroatoms. The van der Waals surface area contributed by atoms with Gasteiger partial charge in [0.25, 0.3) is 0 Å². The van der Waals surface area contributed by atoms with Crippen LogP contribution in [0.15, 0.2) is 24.7 Å². The molecular formula is C12H13N7O2. The van der Waals surface area contributed by atoms with E-state index in [9.17, 15) is 4.79 Å². The Hall–Kier alpha value is -2.97. The van der Waals surface area contributed by atoms with E-state index in [2.05, 4.69) is 25.7 Å². The molecule has 0 saturated carbocycles. The molecule has 0 aliphatic carbocycles. The standard InChI is InChI=1S/C12H13N7O2/c1-8-6-10-11(14-3-5-19(10)16-8)13-2-4-18-7-9(12(20)21)15-17-18/h3,5-7H,2,4H2,1H3,(H,13,14)(H,20,21). The number of rotatable bonds is 5. The Morgan fingerprint density at radius 1 is 1.48 bits per heavy atom. The molecule has 0 saturated heterocycles. The molecule has 0 spiro atoms. The predicted octanol–water partition coefficient (Wildman–Crippen LogP) is 0.440. The number of aromatic carboxylic acids is 1. The summed E-state index contributed by atoms with van der Waals surface area (Å²) in [6, 6.07) is 1.94. The van der Waals surface area contributed by atoms with Crippen LogP contribution in [0.2, 0.25) is 0 Å².